The molecule has 1 aliphatic rings. The van der Waals surface area contributed by atoms with Crippen molar-refractivity contribution in [2.24, 2.45) is 5.92 Å². The zero-order chi connectivity index (χ0) is 14.0. The Kier molecular flexibility index (Phi) is 4.42. The minimum absolute atomic E-state index is 0.209. The van der Waals surface area contributed by atoms with Gasteiger partial charge in [-0.3, -0.25) is 0 Å². The quantitative estimate of drug-likeness (QED) is 0.904. The first-order valence-electron chi connectivity index (χ1n) is 7.11. The van der Waals surface area contributed by atoms with E-state index in [1.165, 1.54) is 12.1 Å². The molecule has 0 bridgehead atoms. The molecule has 1 heterocycles. The number of hydrogen-bond acceptors (Lipinski definition) is 2. The number of nitrogens with one attached hydrogen (secondary N) is 1. The molecule has 0 amide bonds. The van der Waals surface area contributed by atoms with Gasteiger partial charge in [-0.15, -0.1) is 0 Å². The van der Waals surface area contributed by atoms with E-state index in [1.807, 2.05) is 6.92 Å². The Labute approximate surface area is 122 Å². The van der Waals surface area contributed by atoms with Crippen LogP contribution in [0.1, 0.15) is 32.8 Å². The average molecular weight is 281 g/mol. The summed E-state index contributed by atoms with van der Waals surface area (Å²) in [5, 5.41) is 4.47. The molecule has 0 spiro atoms. The average Bonchev–Trinajstić information content (AvgIpc) is 2.78. The van der Waals surface area contributed by atoms with Gasteiger partial charge in [-0.25, -0.2) is 0 Å². The summed E-state index contributed by atoms with van der Waals surface area (Å²) in [5.74, 6) is 0.735. The van der Waals surface area contributed by atoms with Crippen LogP contribution in [-0.4, -0.2) is 25.2 Å². The lowest BCUT2D eigenvalue weighted by atomic mass is 10.1. The van der Waals surface area contributed by atoms with Gasteiger partial charge in [-0.1, -0.05) is 17.7 Å². The smallest absolute Gasteiger partial charge is 0.0455 e. The summed E-state index contributed by atoms with van der Waals surface area (Å²) in [6, 6.07) is 6.38. The highest BCUT2D eigenvalue weighted by Gasteiger charge is 2.24. The molecule has 1 N–H and O–H groups in total. The van der Waals surface area contributed by atoms with Gasteiger partial charge in [0, 0.05) is 35.9 Å². The predicted octanol–water partition coefficient (Wildman–Crippen LogP) is 3.86. The Morgan fingerprint density at radius 2 is 2.11 bits per heavy atom. The molecule has 1 unspecified atom stereocenters. The summed E-state index contributed by atoms with van der Waals surface area (Å²) >= 11 is 6.21. The van der Waals surface area contributed by atoms with Crippen LogP contribution >= 0.6 is 11.6 Å². The summed E-state index contributed by atoms with van der Waals surface area (Å²) in [6.07, 6.45) is 1.26. The zero-order valence-electron chi connectivity index (χ0n) is 12.5. The SMILES string of the molecule is Cc1ccc(N2CCC(CNC(C)(C)C)C2)cc1Cl. The van der Waals surface area contributed by atoms with Gasteiger partial charge < -0.3 is 10.2 Å². The molecule has 19 heavy (non-hydrogen) atoms. The molecular weight excluding hydrogens is 256 g/mol. The molecule has 0 saturated carbocycles. The second kappa shape index (κ2) is 5.72. The molecule has 106 valence electrons. The van der Waals surface area contributed by atoms with Crippen molar-refractivity contribution in [3.05, 3.63) is 28.8 Å². The van der Waals surface area contributed by atoms with Crippen LogP contribution in [0.2, 0.25) is 5.02 Å². The first-order valence-corrected chi connectivity index (χ1v) is 7.49. The molecule has 0 radical (unpaired) electrons. The number of hydrogen-bond donors (Lipinski definition) is 1. The highest BCUT2D eigenvalue weighted by molar-refractivity contribution is 6.31. The van der Waals surface area contributed by atoms with Crippen molar-refractivity contribution in [1.29, 1.82) is 0 Å². The van der Waals surface area contributed by atoms with Crippen LogP contribution < -0.4 is 10.2 Å². The fraction of sp³-hybridized carbons (Fsp3) is 0.625. The van der Waals surface area contributed by atoms with Crippen molar-refractivity contribution in [3.8, 4) is 0 Å². The molecule has 3 heteroatoms. The molecule has 0 aromatic heterocycles. The Hall–Kier alpha value is -0.730. The number of benzene rings is 1. The first kappa shape index (κ1) is 14.7. The molecule has 0 aliphatic carbocycles. The van der Waals surface area contributed by atoms with Gasteiger partial charge in [0.25, 0.3) is 0 Å². The van der Waals surface area contributed by atoms with Crippen LogP contribution in [0.25, 0.3) is 0 Å². The minimum atomic E-state index is 0.209. The van der Waals surface area contributed by atoms with Gasteiger partial charge >= 0.3 is 0 Å². The van der Waals surface area contributed by atoms with Crippen LogP contribution in [0, 0.1) is 12.8 Å². The Bertz CT molecular complexity index is 437. The lowest BCUT2D eigenvalue weighted by Crippen LogP contribution is -2.39. The Balaban J connectivity index is 1.92. The highest BCUT2D eigenvalue weighted by Crippen LogP contribution is 2.27. The standard InChI is InChI=1S/C16H25ClN2/c1-12-5-6-14(9-15(12)17)19-8-7-13(11-19)10-18-16(2,3)4/h5-6,9,13,18H,7-8,10-11H2,1-4H3. The van der Waals surface area contributed by atoms with Crippen LogP contribution in [0.15, 0.2) is 18.2 Å². The maximum atomic E-state index is 6.21. The topological polar surface area (TPSA) is 15.3 Å². The van der Waals surface area contributed by atoms with Crippen molar-refractivity contribution in [1.82, 2.24) is 5.32 Å². The van der Waals surface area contributed by atoms with Crippen molar-refractivity contribution >= 4 is 17.3 Å². The van der Waals surface area contributed by atoms with Gasteiger partial charge in [0.1, 0.15) is 0 Å². The maximum Gasteiger partial charge on any atom is 0.0455 e. The largest absolute Gasteiger partial charge is 0.371 e. The number of aryl methyl sites for hydroxylation is 1. The molecular formula is C16H25ClN2. The zero-order valence-corrected chi connectivity index (χ0v) is 13.2. The van der Waals surface area contributed by atoms with Gasteiger partial charge in [0.05, 0.1) is 0 Å². The molecule has 1 aromatic rings. The van der Waals surface area contributed by atoms with Gasteiger partial charge in [-0.2, -0.15) is 0 Å². The third-order valence-corrected chi connectivity index (χ3v) is 4.13. The van der Waals surface area contributed by atoms with E-state index in [2.05, 4.69) is 49.2 Å². The molecule has 1 aromatic carbocycles. The van der Waals surface area contributed by atoms with Crippen LogP contribution in [0.3, 0.4) is 0 Å². The summed E-state index contributed by atoms with van der Waals surface area (Å²) < 4.78 is 0. The summed E-state index contributed by atoms with van der Waals surface area (Å²) in [5.41, 5.74) is 2.62. The molecule has 2 rings (SSSR count). The van der Waals surface area contributed by atoms with Crippen molar-refractivity contribution < 1.29 is 0 Å². The monoisotopic (exact) mass is 280 g/mol. The summed E-state index contributed by atoms with van der Waals surface area (Å²) in [6.45, 7) is 12.1. The van der Waals surface area contributed by atoms with Crippen molar-refractivity contribution in [2.75, 3.05) is 24.5 Å². The van der Waals surface area contributed by atoms with E-state index in [0.29, 0.717) is 0 Å². The third kappa shape index (κ3) is 4.12. The molecule has 1 atom stereocenters. The number of anilines is 1. The van der Waals surface area contributed by atoms with Gasteiger partial charge in [0.2, 0.25) is 0 Å². The van der Waals surface area contributed by atoms with E-state index in [0.717, 1.165) is 36.1 Å². The van der Waals surface area contributed by atoms with E-state index in [9.17, 15) is 0 Å². The first-order chi connectivity index (χ1) is 8.85. The molecule has 2 nitrogen and oxygen atoms in total. The maximum absolute atomic E-state index is 6.21. The number of nitrogens with zero attached hydrogens (tertiary/aromatic N) is 1. The predicted molar refractivity (Wildman–Crippen MR) is 84.3 cm³/mol. The van der Waals surface area contributed by atoms with E-state index in [1.54, 1.807) is 0 Å². The third-order valence-electron chi connectivity index (χ3n) is 3.73. The molecule has 1 aliphatic heterocycles. The van der Waals surface area contributed by atoms with Crippen LogP contribution in [0.4, 0.5) is 5.69 Å². The summed E-state index contributed by atoms with van der Waals surface area (Å²) in [7, 11) is 0. The number of halogens is 1. The molecule has 1 fully saturated rings. The van der Waals surface area contributed by atoms with E-state index in [-0.39, 0.29) is 5.54 Å². The Morgan fingerprint density at radius 1 is 1.37 bits per heavy atom. The summed E-state index contributed by atoms with van der Waals surface area (Å²) in [4.78, 5) is 2.44. The van der Waals surface area contributed by atoms with Crippen molar-refractivity contribution in [3.63, 3.8) is 0 Å². The second-order valence-electron chi connectivity index (χ2n) is 6.67. The second-order valence-corrected chi connectivity index (χ2v) is 7.07. The molecule has 1 saturated heterocycles. The normalized spacial score (nSPS) is 20.1. The van der Waals surface area contributed by atoms with Crippen molar-refractivity contribution in [2.45, 2.75) is 39.7 Å². The lowest BCUT2D eigenvalue weighted by Gasteiger charge is -2.24. The Morgan fingerprint density at radius 3 is 2.74 bits per heavy atom. The van der Waals surface area contributed by atoms with E-state index >= 15 is 0 Å². The fourth-order valence-electron chi connectivity index (χ4n) is 2.46. The van der Waals surface area contributed by atoms with Crippen LogP contribution in [-0.2, 0) is 0 Å². The fourth-order valence-corrected chi connectivity index (χ4v) is 2.64. The van der Waals surface area contributed by atoms with E-state index in [4.69, 9.17) is 11.6 Å². The highest BCUT2D eigenvalue weighted by atomic mass is 35.5. The number of rotatable bonds is 3. The van der Waals surface area contributed by atoms with Crippen LogP contribution in [0.5, 0.6) is 0 Å². The van der Waals surface area contributed by atoms with Gasteiger partial charge in [0.15, 0.2) is 0 Å². The lowest BCUT2D eigenvalue weighted by molar-refractivity contribution is 0.383. The van der Waals surface area contributed by atoms with E-state index < -0.39 is 0 Å². The minimum Gasteiger partial charge on any atom is -0.371 e. The van der Waals surface area contributed by atoms with Gasteiger partial charge in [-0.05, 0) is 57.7 Å².